The highest BCUT2D eigenvalue weighted by molar-refractivity contribution is 7.22. The van der Waals surface area contributed by atoms with Crippen LogP contribution in [0.15, 0.2) is 30.3 Å². The lowest BCUT2D eigenvalue weighted by molar-refractivity contribution is -0.380. The lowest BCUT2D eigenvalue weighted by atomic mass is 10.2. The van der Waals surface area contributed by atoms with Crippen molar-refractivity contribution in [2.24, 2.45) is 0 Å². The number of methoxy groups -OCH3 is 1. The molecule has 0 N–H and O–H groups in total. The van der Waals surface area contributed by atoms with E-state index in [1.807, 2.05) is 19.1 Å². The van der Waals surface area contributed by atoms with Gasteiger partial charge in [-0.3, -0.25) is 19.8 Å². The predicted octanol–water partition coefficient (Wildman–Crippen LogP) is 4.97. The summed E-state index contributed by atoms with van der Waals surface area (Å²) in [5.74, 6) is 0.453. The SMILES string of the molecule is CCN(CC)CCN(C(=O)C=Cc1ccc([N+](=O)[O-])s1)c1nc2c(OC)ccc(C)c2s1. The Hall–Kier alpha value is -2.82. The topological polar surface area (TPSA) is 88.8 Å². The zero-order valence-corrected chi connectivity index (χ0v) is 20.2. The molecular weight excluding hydrogens is 448 g/mol. The van der Waals surface area contributed by atoms with Gasteiger partial charge in [0.2, 0.25) is 0 Å². The van der Waals surface area contributed by atoms with Gasteiger partial charge in [0.1, 0.15) is 11.3 Å². The number of amides is 1. The predicted molar refractivity (Wildman–Crippen MR) is 131 cm³/mol. The molecule has 8 nitrogen and oxygen atoms in total. The average molecular weight is 475 g/mol. The number of fused-ring (bicyclic) bond motifs is 1. The van der Waals surface area contributed by atoms with Gasteiger partial charge in [-0.25, -0.2) is 4.98 Å². The summed E-state index contributed by atoms with van der Waals surface area (Å²) in [4.78, 5) is 33.0. The Morgan fingerprint density at radius 2 is 1.94 bits per heavy atom. The lowest BCUT2D eigenvalue weighted by Gasteiger charge is -2.23. The van der Waals surface area contributed by atoms with E-state index in [9.17, 15) is 14.9 Å². The van der Waals surface area contributed by atoms with Crippen LogP contribution < -0.4 is 9.64 Å². The maximum atomic E-state index is 13.2. The van der Waals surface area contributed by atoms with Crippen LogP contribution in [0.5, 0.6) is 5.75 Å². The smallest absolute Gasteiger partial charge is 0.324 e. The summed E-state index contributed by atoms with van der Waals surface area (Å²) in [5.41, 5.74) is 1.81. The highest BCUT2D eigenvalue weighted by Gasteiger charge is 2.21. The van der Waals surface area contributed by atoms with E-state index in [1.54, 1.807) is 24.2 Å². The number of hydrogen-bond acceptors (Lipinski definition) is 8. The fraction of sp³-hybridized carbons (Fsp3) is 0.364. The zero-order chi connectivity index (χ0) is 23.3. The third kappa shape index (κ3) is 5.32. The van der Waals surface area contributed by atoms with Crippen LogP contribution in [0.3, 0.4) is 0 Å². The maximum absolute atomic E-state index is 13.2. The number of likely N-dealkylation sites (N-methyl/N-ethyl adjacent to an activating group) is 1. The van der Waals surface area contributed by atoms with Gasteiger partial charge >= 0.3 is 5.00 Å². The van der Waals surface area contributed by atoms with Crippen LogP contribution in [-0.4, -0.2) is 54.0 Å². The molecule has 2 aromatic heterocycles. The molecule has 0 atom stereocenters. The van der Waals surface area contributed by atoms with Gasteiger partial charge in [0, 0.05) is 30.1 Å². The molecule has 0 radical (unpaired) electrons. The largest absolute Gasteiger partial charge is 0.494 e. The summed E-state index contributed by atoms with van der Waals surface area (Å²) in [7, 11) is 1.61. The van der Waals surface area contributed by atoms with Crippen LogP contribution in [0.25, 0.3) is 16.3 Å². The van der Waals surface area contributed by atoms with Crippen molar-refractivity contribution in [3.63, 3.8) is 0 Å². The normalized spacial score (nSPS) is 11.5. The van der Waals surface area contributed by atoms with Gasteiger partial charge in [-0.1, -0.05) is 42.6 Å². The number of carbonyl (C=O) groups is 1. The first-order valence-corrected chi connectivity index (χ1v) is 11.9. The van der Waals surface area contributed by atoms with Crippen molar-refractivity contribution in [2.75, 3.05) is 38.2 Å². The summed E-state index contributed by atoms with van der Waals surface area (Å²) in [6, 6.07) is 6.94. The van der Waals surface area contributed by atoms with Crippen molar-refractivity contribution in [3.8, 4) is 5.75 Å². The fourth-order valence-electron chi connectivity index (χ4n) is 3.23. The second kappa shape index (κ2) is 10.7. The van der Waals surface area contributed by atoms with E-state index in [0.717, 1.165) is 40.2 Å². The third-order valence-corrected chi connectivity index (χ3v) is 7.34. The van der Waals surface area contributed by atoms with E-state index in [1.165, 1.54) is 23.5 Å². The van der Waals surface area contributed by atoms with E-state index in [-0.39, 0.29) is 10.9 Å². The molecule has 10 heteroatoms. The minimum absolute atomic E-state index is 0.0456. The number of aromatic nitrogens is 1. The number of aryl methyl sites for hydroxylation is 1. The first-order chi connectivity index (χ1) is 15.4. The van der Waals surface area contributed by atoms with Crippen LogP contribution in [0.2, 0.25) is 0 Å². The van der Waals surface area contributed by atoms with Gasteiger partial charge in [0.15, 0.2) is 5.13 Å². The van der Waals surface area contributed by atoms with Crippen LogP contribution in [0.1, 0.15) is 24.3 Å². The Labute approximate surface area is 194 Å². The van der Waals surface area contributed by atoms with Crippen molar-refractivity contribution in [1.29, 1.82) is 0 Å². The van der Waals surface area contributed by atoms with Gasteiger partial charge in [0.05, 0.1) is 16.7 Å². The molecule has 0 unspecified atom stereocenters. The highest BCUT2D eigenvalue weighted by atomic mass is 32.1. The molecule has 0 spiro atoms. The number of thiophene rings is 1. The average Bonchev–Trinajstić information content (AvgIpc) is 3.44. The first-order valence-electron chi connectivity index (χ1n) is 10.3. The number of thiazole rings is 1. The molecule has 1 aromatic carbocycles. The Morgan fingerprint density at radius 1 is 1.19 bits per heavy atom. The molecule has 0 aliphatic heterocycles. The Kier molecular flexibility index (Phi) is 7.94. The number of ether oxygens (including phenoxy) is 1. The van der Waals surface area contributed by atoms with Crippen LogP contribution in [0, 0.1) is 17.0 Å². The second-order valence-electron chi connectivity index (χ2n) is 7.04. The van der Waals surface area contributed by atoms with Crippen molar-refractivity contribution in [3.05, 3.63) is 50.9 Å². The monoisotopic (exact) mass is 474 g/mol. The number of carbonyl (C=O) groups excluding carboxylic acids is 1. The first kappa shape index (κ1) is 23.8. The van der Waals surface area contributed by atoms with Gasteiger partial charge < -0.3 is 9.64 Å². The van der Waals surface area contributed by atoms with Gasteiger partial charge in [-0.05, 0) is 43.8 Å². The summed E-state index contributed by atoms with van der Waals surface area (Å²) in [6.45, 7) is 9.16. The summed E-state index contributed by atoms with van der Waals surface area (Å²) in [6.07, 6.45) is 3.07. The Bertz CT molecular complexity index is 1130. The van der Waals surface area contributed by atoms with E-state index in [0.29, 0.717) is 28.8 Å². The van der Waals surface area contributed by atoms with Crippen molar-refractivity contribution < 1.29 is 14.5 Å². The third-order valence-electron chi connectivity index (χ3n) is 5.13. The minimum atomic E-state index is -0.433. The van der Waals surface area contributed by atoms with Crippen LogP contribution in [-0.2, 0) is 4.79 Å². The molecule has 1 amide bonds. The molecule has 0 aliphatic carbocycles. The molecular formula is C22H26N4O4S2. The summed E-state index contributed by atoms with van der Waals surface area (Å²) >= 11 is 2.49. The van der Waals surface area contributed by atoms with Gasteiger partial charge in [-0.2, -0.15) is 0 Å². The Balaban J connectivity index is 1.93. The molecule has 32 heavy (non-hydrogen) atoms. The number of benzene rings is 1. The minimum Gasteiger partial charge on any atom is -0.494 e. The quantitative estimate of drug-likeness (QED) is 0.234. The number of hydrogen-bond donors (Lipinski definition) is 0. The number of rotatable bonds is 10. The van der Waals surface area contributed by atoms with Crippen molar-refractivity contribution in [1.82, 2.24) is 9.88 Å². The standard InChI is InChI=1S/C22H26N4O4S2/c1-5-24(6-2)13-14-25(18(27)11-8-16-9-12-19(31-16)26(28)29)22-23-20-17(30-4)10-7-15(3)21(20)32-22/h7-12H,5-6,13-14H2,1-4H3. The van der Waals surface area contributed by atoms with Crippen molar-refractivity contribution >= 4 is 55.0 Å². The molecule has 3 rings (SSSR count). The van der Waals surface area contributed by atoms with Crippen LogP contribution in [0.4, 0.5) is 10.1 Å². The zero-order valence-electron chi connectivity index (χ0n) is 18.5. The lowest BCUT2D eigenvalue weighted by Crippen LogP contribution is -2.38. The number of nitro groups is 1. The molecule has 0 saturated heterocycles. The second-order valence-corrected chi connectivity index (χ2v) is 9.11. The fourth-order valence-corrected chi connectivity index (χ4v) is 5.04. The molecule has 0 saturated carbocycles. The summed E-state index contributed by atoms with van der Waals surface area (Å²) in [5, 5.41) is 11.6. The van der Waals surface area contributed by atoms with Crippen molar-refractivity contribution in [2.45, 2.75) is 20.8 Å². The highest BCUT2D eigenvalue weighted by Crippen LogP contribution is 2.36. The van der Waals surface area contributed by atoms with E-state index >= 15 is 0 Å². The van der Waals surface area contributed by atoms with Gasteiger partial charge in [-0.15, -0.1) is 0 Å². The maximum Gasteiger partial charge on any atom is 0.324 e. The summed E-state index contributed by atoms with van der Waals surface area (Å²) < 4.78 is 6.44. The van der Waals surface area contributed by atoms with E-state index < -0.39 is 4.92 Å². The van der Waals surface area contributed by atoms with Gasteiger partial charge in [0.25, 0.3) is 5.91 Å². The van der Waals surface area contributed by atoms with E-state index in [4.69, 9.17) is 9.72 Å². The Morgan fingerprint density at radius 3 is 2.56 bits per heavy atom. The molecule has 170 valence electrons. The molecule has 0 fully saturated rings. The number of anilines is 1. The molecule has 3 aromatic rings. The number of nitrogens with zero attached hydrogens (tertiary/aromatic N) is 4. The molecule has 0 aliphatic rings. The van der Waals surface area contributed by atoms with Crippen LogP contribution >= 0.6 is 22.7 Å². The molecule has 2 heterocycles. The molecule has 0 bridgehead atoms. The van der Waals surface area contributed by atoms with E-state index in [2.05, 4.69) is 18.7 Å².